The van der Waals surface area contributed by atoms with Crippen LogP contribution in [0.25, 0.3) is 0 Å². The van der Waals surface area contributed by atoms with Gasteiger partial charge >= 0.3 is 0 Å². The molecule has 114 valence electrons. The van der Waals surface area contributed by atoms with E-state index in [0.717, 1.165) is 30.0 Å². The molecule has 1 saturated carbocycles. The van der Waals surface area contributed by atoms with Crippen molar-refractivity contribution >= 4 is 11.6 Å². The predicted octanol–water partition coefficient (Wildman–Crippen LogP) is 2.95. The van der Waals surface area contributed by atoms with E-state index in [2.05, 4.69) is 10.6 Å². The number of rotatable bonds is 2. The molecule has 1 heterocycles. The third kappa shape index (κ3) is 3.21. The third-order valence-corrected chi connectivity index (χ3v) is 4.93. The quantitative estimate of drug-likeness (QED) is 0.733. The number of aromatic hydroxyl groups is 1. The molecule has 0 aromatic heterocycles. The highest BCUT2D eigenvalue weighted by Gasteiger charge is 2.34. The number of phenols is 1. The normalized spacial score (nSPS) is 28.7. The van der Waals surface area contributed by atoms with Crippen molar-refractivity contribution in [3.63, 3.8) is 0 Å². The second-order valence-corrected chi connectivity index (χ2v) is 6.44. The lowest BCUT2D eigenvalue weighted by Crippen LogP contribution is -2.53. The van der Waals surface area contributed by atoms with Gasteiger partial charge in [0.1, 0.15) is 5.75 Å². The van der Waals surface area contributed by atoms with Crippen LogP contribution in [0, 0.1) is 12.8 Å². The minimum absolute atomic E-state index is 0.0489. The lowest BCUT2D eigenvalue weighted by molar-refractivity contribution is -0.119. The lowest BCUT2D eigenvalue weighted by Gasteiger charge is -2.39. The summed E-state index contributed by atoms with van der Waals surface area (Å²) in [6.07, 6.45) is 7.20. The van der Waals surface area contributed by atoms with Crippen molar-refractivity contribution in [1.29, 1.82) is 0 Å². The van der Waals surface area contributed by atoms with Crippen molar-refractivity contribution in [2.75, 3.05) is 5.32 Å². The van der Waals surface area contributed by atoms with Crippen LogP contribution < -0.4 is 10.6 Å². The summed E-state index contributed by atoms with van der Waals surface area (Å²) in [5.41, 5.74) is 1.67. The Bertz CT molecular complexity index is 530. The number of anilines is 1. The van der Waals surface area contributed by atoms with E-state index < -0.39 is 0 Å². The molecule has 3 unspecified atom stereocenters. The minimum Gasteiger partial charge on any atom is -0.508 e. The Balaban J connectivity index is 1.63. The molecular weight excluding hydrogens is 264 g/mol. The van der Waals surface area contributed by atoms with Gasteiger partial charge in [-0.05, 0) is 62.3 Å². The number of benzene rings is 1. The summed E-state index contributed by atoms with van der Waals surface area (Å²) in [4.78, 5) is 12.4. The van der Waals surface area contributed by atoms with Crippen LogP contribution >= 0.6 is 0 Å². The third-order valence-electron chi connectivity index (χ3n) is 4.93. The van der Waals surface area contributed by atoms with Crippen LogP contribution in [0.15, 0.2) is 18.2 Å². The number of piperidine rings is 1. The van der Waals surface area contributed by atoms with Crippen LogP contribution in [0.1, 0.15) is 44.1 Å². The zero-order chi connectivity index (χ0) is 14.8. The van der Waals surface area contributed by atoms with Crippen LogP contribution in [0.3, 0.4) is 0 Å². The summed E-state index contributed by atoms with van der Waals surface area (Å²) in [6.45, 7) is 1.89. The summed E-state index contributed by atoms with van der Waals surface area (Å²) in [5, 5.41) is 16.0. The standard InChI is InChI=1S/C17H24N2O2/c1-11-10-13(20)7-9-14(11)19-17(21)16-8-6-12-4-2-3-5-15(12)18-16/h7,9-10,12,15-16,18,20H,2-6,8H2,1H3,(H,19,21). The zero-order valence-electron chi connectivity index (χ0n) is 12.6. The van der Waals surface area contributed by atoms with Crippen LogP contribution in [0.2, 0.25) is 0 Å². The minimum atomic E-state index is -0.0856. The van der Waals surface area contributed by atoms with E-state index in [1.165, 1.54) is 25.7 Å². The molecule has 21 heavy (non-hydrogen) atoms. The molecule has 0 radical (unpaired) electrons. The van der Waals surface area contributed by atoms with Gasteiger partial charge in [0.25, 0.3) is 0 Å². The van der Waals surface area contributed by atoms with Crippen molar-refractivity contribution in [1.82, 2.24) is 5.32 Å². The molecule has 4 nitrogen and oxygen atoms in total. The molecule has 4 heteroatoms. The van der Waals surface area contributed by atoms with Gasteiger partial charge in [-0.3, -0.25) is 4.79 Å². The average molecular weight is 288 g/mol. The fraction of sp³-hybridized carbons (Fsp3) is 0.588. The fourth-order valence-corrected chi connectivity index (χ4v) is 3.71. The molecule has 1 aliphatic heterocycles. The monoisotopic (exact) mass is 288 g/mol. The van der Waals surface area contributed by atoms with Crippen LogP contribution in [0.5, 0.6) is 5.75 Å². The average Bonchev–Trinajstić information content (AvgIpc) is 2.49. The van der Waals surface area contributed by atoms with Crippen LogP contribution in [0.4, 0.5) is 5.69 Å². The first-order valence-electron chi connectivity index (χ1n) is 8.00. The van der Waals surface area contributed by atoms with Gasteiger partial charge in [-0.2, -0.15) is 0 Å². The number of amides is 1. The number of hydrogen-bond donors (Lipinski definition) is 3. The second kappa shape index (κ2) is 6.06. The maximum Gasteiger partial charge on any atom is 0.241 e. The number of fused-ring (bicyclic) bond motifs is 1. The number of carbonyl (C=O) groups excluding carboxylic acids is 1. The molecule has 3 N–H and O–H groups in total. The van der Waals surface area contributed by atoms with E-state index in [1.54, 1.807) is 18.2 Å². The molecule has 0 bridgehead atoms. The molecule has 1 saturated heterocycles. The van der Waals surface area contributed by atoms with E-state index in [-0.39, 0.29) is 17.7 Å². The van der Waals surface area contributed by atoms with E-state index in [9.17, 15) is 9.90 Å². The number of phenolic OH excluding ortho intramolecular Hbond substituents is 1. The van der Waals surface area contributed by atoms with Crippen LogP contribution in [-0.2, 0) is 4.79 Å². The van der Waals surface area contributed by atoms with Crippen molar-refractivity contribution in [2.24, 2.45) is 5.92 Å². The fourth-order valence-electron chi connectivity index (χ4n) is 3.71. The summed E-state index contributed by atoms with van der Waals surface area (Å²) in [6, 6.07) is 5.46. The molecule has 1 amide bonds. The molecular formula is C17H24N2O2. The molecule has 3 rings (SSSR count). The smallest absolute Gasteiger partial charge is 0.241 e. The number of aryl methyl sites for hydroxylation is 1. The second-order valence-electron chi connectivity index (χ2n) is 6.44. The first-order chi connectivity index (χ1) is 10.1. The predicted molar refractivity (Wildman–Crippen MR) is 83.4 cm³/mol. The molecule has 2 fully saturated rings. The number of hydrogen-bond acceptors (Lipinski definition) is 3. The molecule has 0 spiro atoms. The van der Waals surface area contributed by atoms with Gasteiger partial charge in [0.05, 0.1) is 6.04 Å². The van der Waals surface area contributed by atoms with E-state index in [1.807, 2.05) is 6.92 Å². The Morgan fingerprint density at radius 3 is 2.86 bits per heavy atom. The van der Waals surface area contributed by atoms with E-state index in [0.29, 0.717) is 6.04 Å². The van der Waals surface area contributed by atoms with Gasteiger partial charge in [-0.25, -0.2) is 0 Å². The summed E-state index contributed by atoms with van der Waals surface area (Å²) in [7, 11) is 0. The Hall–Kier alpha value is -1.55. The number of carbonyl (C=O) groups is 1. The molecule has 3 atom stereocenters. The maximum absolute atomic E-state index is 12.4. The van der Waals surface area contributed by atoms with E-state index in [4.69, 9.17) is 0 Å². The zero-order valence-corrected chi connectivity index (χ0v) is 12.6. The Labute approximate surface area is 125 Å². The molecule has 1 aliphatic carbocycles. The van der Waals surface area contributed by atoms with Gasteiger partial charge in [-0.15, -0.1) is 0 Å². The van der Waals surface area contributed by atoms with Gasteiger partial charge in [0.2, 0.25) is 5.91 Å². The van der Waals surface area contributed by atoms with Gasteiger partial charge in [0, 0.05) is 11.7 Å². The Kier molecular flexibility index (Phi) is 4.15. The van der Waals surface area contributed by atoms with Crippen molar-refractivity contribution in [2.45, 2.75) is 57.5 Å². The van der Waals surface area contributed by atoms with Crippen molar-refractivity contribution in [3.8, 4) is 5.75 Å². The Morgan fingerprint density at radius 2 is 2.05 bits per heavy atom. The summed E-state index contributed by atoms with van der Waals surface area (Å²) >= 11 is 0. The summed E-state index contributed by atoms with van der Waals surface area (Å²) in [5.74, 6) is 1.04. The molecule has 1 aromatic carbocycles. The molecule has 1 aromatic rings. The molecule has 2 aliphatic rings. The van der Waals surface area contributed by atoms with Crippen molar-refractivity contribution in [3.05, 3.63) is 23.8 Å². The van der Waals surface area contributed by atoms with Gasteiger partial charge in [0.15, 0.2) is 0 Å². The SMILES string of the molecule is Cc1cc(O)ccc1NC(=O)C1CCC2CCCCC2N1. The van der Waals surface area contributed by atoms with Gasteiger partial charge < -0.3 is 15.7 Å². The van der Waals surface area contributed by atoms with Gasteiger partial charge in [-0.1, -0.05) is 12.8 Å². The highest BCUT2D eigenvalue weighted by Crippen LogP contribution is 2.32. The first-order valence-corrected chi connectivity index (χ1v) is 8.00. The lowest BCUT2D eigenvalue weighted by atomic mass is 9.77. The highest BCUT2D eigenvalue weighted by molar-refractivity contribution is 5.95. The number of nitrogens with one attached hydrogen (secondary N) is 2. The summed E-state index contributed by atoms with van der Waals surface area (Å²) < 4.78 is 0. The van der Waals surface area contributed by atoms with Crippen molar-refractivity contribution < 1.29 is 9.90 Å². The maximum atomic E-state index is 12.4. The Morgan fingerprint density at radius 1 is 1.24 bits per heavy atom. The van der Waals surface area contributed by atoms with E-state index >= 15 is 0 Å². The first kappa shape index (κ1) is 14.4. The largest absolute Gasteiger partial charge is 0.508 e. The van der Waals surface area contributed by atoms with Crippen LogP contribution in [-0.4, -0.2) is 23.1 Å². The topological polar surface area (TPSA) is 61.4 Å². The highest BCUT2D eigenvalue weighted by atomic mass is 16.3.